The Morgan fingerprint density at radius 2 is 0.965 bits per heavy atom. The SMILES string of the molecule is c1ccc(-c2c(N(c3ccc4ccccc4c3)c3ccc4c5c(cccc35)C3(c5ccccc5Oc5ccccc53)c3ccccc3-4)ccc3ccccc23)cc1. The van der Waals surface area contributed by atoms with Crippen LogP contribution in [-0.4, -0.2) is 0 Å². The first-order chi connectivity index (χ1) is 28.3. The number of para-hydroxylation sites is 2. The van der Waals surface area contributed by atoms with Gasteiger partial charge in [-0.25, -0.2) is 0 Å². The number of benzene rings is 10. The van der Waals surface area contributed by atoms with Gasteiger partial charge in [-0.1, -0.05) is 176 Å². The maximum Gasteiger partial charge on any atom is 0.132 e. The molecule has 0 saturated carbocycles. The van der Waals surface area contributed by atoms with E-state index in [1.54, 1.807) is 0 Å². The first-order valence-corrected chi connectivity index (χ1v) is 19.7. The lowest BCUT2D eigenvalue weighted by atomic mass is 9.58. The van der Waals surface area contributed by atoms with E-state index in [1.165, 1.54) is 65.7 Å². The van der Waals surface area contributed by atoms with E-state index in [9.17, 15) is 0 Å². The molecule has 0 N–H and O–H groups in total. The Balaban J connectivity index is 1.22. The third kappa shape index (κ3) is 4.53. The van der Waals surface area contributed by atoms with Crippen molar-refractivity contribution >= 4 is 49.4 Å². The summed E-state index contributed by atoms with van der Waals surface area (Å²) in [7, 11) is 0. The van der Waals surface area contributed by atoms with Crippen LogP contribution < -0.4 is 9.64 Å². The summed E-state index contributed by atoms with van der Waals surface area (Å²) in [4.78, 5) is 2.50. The molecule has 1 aliphatic heterocycles. The minimum atomic E-state index is -0.598. The molecule has 1 spiro atoms. The zero-order chi connectivity index (χ0) is 37.5. The van der Waals surface area contributed by atoms with Gasteiger partial charge in [0.1, 0.15) is 11.5 Å². The molecule has 0 radical (unpaired) electrons. The van der Waals surface area contributed by atoms with Gasteiger partial charge in [0, 0.05) is 27.8 Å². The molecule has 266 valence electrons. The van der Waals surface area contributed by atoms with Crippen LogP contribution in [0.1, 0.15) is 22.3 Å². The van der Waals surface area contributed by atoms with E-state index >= 15 is 0 Å². The third-order valence-electron chi connectivity index (χ3n) is 12.3. The Labute approximate surface area is 331 Å². The van der Waals surface area contributed by atoms with E-state index in [4.69, 9.17) is 4.74 Å². The zero-order valence-electron chi connectivity index (χ0n) is 31.1. The Morgan fingerprint density at radius 3 is 1.77 bits per heavy atom. The summed E-state index contributed by atoms with van der Waals surface area (Å²) >= 11 is 0. The lowest BCUT2D eigenvalue weighted by Gasteiger charge is -2.45. The van der Waals surface area contributed by atoms with Crippen molar-refractivity contribution in [1.29, 1.82) is 0 Å². The number of nitrogens with zero attached hydrogens (tertiary/aromatic N) is 1. The molecule has 0 saturated heterocycles. The number of rotatable bonds is 4. The summed E-state index contributed by atoms with van der Waals surface area (Å²) in [6, 6.07) is 77.6. The number of hydrogen-bond donors (Lipinski definition) is 0. The molecule has 0 bridgehead atoms. The summed E-state index contributed by atoms with van der Waals surface area (Å²) in [6.45, 7) is 0. The van der Waals surface area contributed by atoms with E-state index in [-0.39, 0.29) is 0 Å². The largest absolute Gasteiger partial charge is 0.457 e. The molecular weight excluding hydrogens is 691 g/mol. The number of anilines is 3. The van der Waals surface area contributed by atoms with Crippen molar-refractivity contribution in [1.82, 2.24) is 0 Å². The average molecular weight is 726 g/mol. The molecule has 0 amide bonds. The number of ether oxygens (including phenoxy) is 1. The molecule has 10 aromatic rings. The molecule has 2 nitrogen and oxygen atoms in total. The molecule has 2 aliphatic rings. The van der Waals surface area contributed by atoms with Crippen molar-refractivity contribution in [3.05, 3.63) is 235 Å². The van der Waals surface area contributed by atoms with Crippen molar-refractivity contribution in [3.63, 3.8) is 0 Å². The third-order valence-corrected chi connectivity index (χ3v) is 12.3. The first-order valence-electron chi connectivity index (χ1n) is 19.7. The fourth-order valence-electron chi connectivity index (χ4n) is 9.97. The molecule has 1 heterocycles. The van der Waals surface area contributed by atoms with Crippen LogP contribution in [0.25, 0.3) is 54.6 Å². The van der Waals surface area contributed by atoms with Gasteiger partial charge in [0.2, 0.25) is 0 Å². The second-order valence-electron chi connectivity index (χ2n) is 15.2. The van der Waals surface area contributed by atoms with E-state index in [0.717, 1.165) is 39.7 Å². The second-order valence-corrected chi connectivity index (χ2v) is 15.2. The van der Waals surface area contributed by atoms with Crippen LogP contribution in [0.2, 0.25) is 0 Å². The van der Waals surface area contributed by atoms with Crippen molar-refractivity contribution in [2.24, 2.45) is 0 Å². The highest BCUT2D eigenvalue weighted by Gasteiger charge is 2.49. The molecule has 2 heteroatoms. The topological polar surface area (TPSA) is 12.5 Å². The summed E-state index contributed by atoms with van der Waals surface area (Å²) in [6.07, 6.45) is 0. The monoisotopic (exact) mass is 725 g/mol. The van der Waals surface area contributed by atoms with Crippen LogP contribution in [0.5, 0.6) is 11.5 Å². The van der Waals surface area contributed by atoms with Gasteiger partial charge >= 0.3 is 0 Å². The Morgan fingerprint density at radius 1 is 0.368 bits per heavy atom. The molecule has 0 unspecified atom stereocenters. The standard InChI is InChI=1S/C55H35NO/c1-2-17-38(18-3-1)53-41-20-7-6-16-37(41)30-33-50(53)56(40-31-29-36-15-4-5-19-39(36)35-40)49-34-32-43-42-21-8-9-23-45(42)55(48-26-14-22-44(49)54(43)48)46-24-10-12-27-51(46)57-52-28-13-11-25-47(52)55/h1-35H. The quantitative estimate of drug-likeness (QED) is 0.179. The summed E-state index contributed by atoms with van der Waals surface area (Å²) in [5, 5.41) is 7.31. The molecule has 1 aliphatic carbocycles. The fourth-order valence-corrected chi connectivity index (χ4v) is 9.97. The molecule has 0 aromatic heterocycles. The van der Waals surface area contributed by atoms with Crippen LogP contribution in [0.4, 0.5) is 17.1 Å². The van der Waals surface area contributed by atoms with Crippen LogP contribution in [0.3, 0.4) is 0 Å². The van der Waals surface area contributed by atoms with E-state index in [2.05, 4.69) is 217 Å². The average Bonchev–Trinajstić information content (AvgIpc) is 3.28. The van der Waals surface area contributed by atoms with E-state index in [1.807, 2.05) is 0 Å². The van der Waals surface area contributed by atoms with E-state index < -0.39 is 5.41 Å². The van der Waals surface area contributed by atoms with Crippen molar-refractivity contribution < 1.29 is 4.74 Å². The van der Waals surface area contributed by atoms with Gasteiger partial charge in [0.25, 0.3) is 0 Å². The molecule has 57 heavy (non-hydrogen) atoms. The highest BCUT2D eigenvalue weighted by atomic mass is 16.5. The van der Waals surface area contributed by atoms with Crippen LogP contribution >= 0.6 is 0 Å². The molecule has 0 atom stereocenters. The van der Waals surface area contributed by atoms with Gasteiger partial charge in [-0.05, 0) is 91.1 Å². The predicted octanol–water partition coefficient (Wildman–Crippen LogP) is 14.8. The maximum atomic E-state index is 6.70. The molecular formula is C55H35NO. The first kappa shape index (κ1) is 31.9. The van der Waals surface area contributed by atoms with Crippen LogP contribution in [-0.2, 0) is 5.41 Å². The second kappa shape index (κ2) is 12.3. The number of hydrogen-bond acceptors (Lipinski definition) is 2. The maximum absolute atomic E-state index is 6.70. The van der Waals surface area contributed by atoms with Crippen LogP contribution in [0.15, 0.2) is 212 Å². The minimum Gasteiger partial charge on any atom is -0.457 e. The van der Waals surface area contributed by atoms with Crippen molar-refractivity contribution in [2.75, 3.05) is 4.90 Å². The zero-order valence-corrected chi connectivity index (χ0v) is 31.1. The van der Waals surface area contributed by atoms with E-state index in [0.29, 0.717) is 0 Å². The van der Waals surface area contributed by atoms with Gasteiger partial charge in [0.15, 0.2) is 0 Å². The summed E-state index contributed by atoms with van der Waals surface area (Å²) < 4.78 is 6.70. The Hall–Kier alpha value is -7.42. The van der Waals surface area contributed by atoms with Gasteiger partial charge in [0.05, 0.1) is 16.8 Å². The molecule has 12 rings (SSSR count). The van der Waals surface area contributed by atoms with Crippen LogP contribution in [0, 0.1) is 0 Å². The number of fused-ring (bicyclic) bond motifs is 10. The molecule has 10 aromatic carbocycles. The smallest absolute Gasteiger partial charge is 0.132 e. The highest BCUT2D eigenvalue weighted by Crippen LogP contribution is 2.62. The highest BCUT2D eigenvalue weighted by molar-refractivity contribution is 6.14. The van der Waals surface area contributed by atoms with Crippen molar-refractivity contribution in [2.45, 2.75) is 5.41 Å². The Kier molecular flexibility index (Phi) is 6.88. The van der Waals surface area contributed by atoms with Crippen molar-refractivity contribution in [3.8, 4) is 33.8 Å². The van der Waals surface area contributed by atoms with Gasteiger partial charge < -0.3 is 9.64 Å². The van der Waals surface area contributed by atoms with Gasteiger partial charge in [-0.2, -0.15) is 0 Å². The molecule has 0 fully saturated rings. The lowest BCUT2D eigenvalue weighted by molar-refractivity contribution is 0.435. The predicted molar refractivity (Wildman–Crippen MR) is 236 cm³/mol. The normalized spacial score (nSPS) is 13.2. The Bertz CT molecular complexity index is 3190. The van der Waals surface area contributed by atoms with Gasteiger partial charge in [-0.3, -0.25) is 0 Å². The summed E-state index contributed by atoms with van der Waals surface area (Å²) in [5.41, 5.74) is 12.5. The summed E-state index contributed by atoms with van der Waals surface area (Å²) in [5.74, 6) is 1.79. The van der Waals surface area contributed by atoms with Gasteiger partial charge in [-0.15, -0.1) is 0 Å². The fraction of sp³-hybridized carbons (Fsp3) is 0.0182. The minimum absolute atomic E-state index is 0.598. The lowest BCUT2D eigenvalue weighted by Crippen LogP contribution is -2.36.